The molecule has 0 bridgehead atoms. The number of hydrogen-bond acceptors (Lipinski definition) is 6. The van der Waals surface area contributed by atoms with E-state index >= 15 is 0 Å². The van der Waals surface area contributed by atoms with Crippen molar-refractivity contribution < 1.29 is 23.0 Å². The normalized spacial score (nSPS) is 15.4. The molecule has 184 valence electrons. The highest BCUT2D eigenvalue weighted by Gasteiger charge is 2.34. The first-order valence-corrected chi connectivity index (χ1v) is 11.7. The van der Waals surface area contributed by atoms with E-state index in [1.807, 2.05) is 0 Å². The maximum atomic E-state index is 13.8. The number of benzene rings is 1. The van der Waals surface area contributed by atoms with Crippen molar-refractivity contribution in [1.82, 2.24) is 19.7 Å². The maximum Gasteiger partial charge on any atom is 0.418 e. The average Bonchev–Trinajstić information content (AvgIpc) is 3.19. The van der Waals surface area contributed by atoms with E-state index in [9.17, 15) is 13.2 Å². The summed E-state index contributed by atoms with van der Waals surface area (Å²) in [6.07, 6.45) is 0.469. The lowest BCUT2D eigenvalue weighted by molar-refractivity contribution is -0.136. The predicted octanol–water partition coefficient (Wildman–Crippen LogP) is 4.81. The number of H-pyrrole nitrogens is 1. The second-order valence-electron chi connectivity index (χ2n) is 8.51. The Morgan fingerprint density at radius 1 is 1.26 bits per heavy atom. The summed E-state index contributed by atoms with van der Waals surface area (Å²) in [7, 11) is 1.59. The second-order valence-corrected chi connectivity index (χ2v) is 8.90. The molecule has 2 aromatic heterocycles. The lowest BCUT2D eigenvalue weighted by Crippen LogP contribution is -2.34. The van der Waals surface area contributed by atoms with Crippen LogP contribution in [0.1, 0.15) is 31.2 Å². The Hall–Kier alpha value is -2.50. The summed E-state index contributed by atoms with van der Waals surface area (Å²) in [5, 5.41) is 16.8. The summed E-state index contributed by atoms with van der Waals surface area (Å²) in [6.45, 7) is 2.42. The van der Waals surface area contributed by atoms with Crippen LogP contribution in [-0.2, 0) is 17.5 Å². The minimum Gasteiger partial charge on any atom is -0.396 e. The van der Waals surface area contributed by atoms with Crippen molar-refractivity contribution in [3.05, 3.63) is 34.7 Å². The van der Waals surface area contributed by atoms with Gasteiger partial charge < -0.3 is 14.7 Å². The number of anilines is 1. The van der Waals surface area contributed by atoms with E-state index in [0.29, 0.717) is 59.4 Å². The van der Waals surface area contributed by atoms with E-state index in [2.05, 4.69) is 20.1 Å². The molecule has 0 spiro atoms. The van der Waals surface area contributed by atoms with Gasteiger partial charge in [-0.05, 0) is 49.9 Å². The number of alkyl halides is 3. The van der Waals surface area contributed by atoms with Gasteiger partial charge >= 0.3 is 6.18 Å². The number of halogens is 3. The third-order valence-corrected chi connectivity index (χ3v) is 6.71. The predicted molar refractivity (Wildman–Crippen MR) is 126 cm³/mol. The van der Waals surface area contributed by atoms with Crippen LogP contribution < -0.4 is 4.90 Å². The molecule has 0 unspecified atom stereocenters. The summed E-state index contributed by atoms with van der Waals surface area (Å²) < 4.78 is 48.7. The molecule has 3 heterocycles. The van der Waals surface area contributed by atoms with Crippen LogP contribution in [0.4, 0.5) is 18.9 Å². The number of rotatable bonds is 8. The molecule has 4 rings (SSSR count). The zero-order valence-corrected chi connectivity index (χ0v) is 19.8. The Labute approximate surface area is 200 Å². The third-order valence-electron chi connectivity index (χ3n) is 6.39. The number of pyridine rings is 1. The van der Waals surface area contributed by atoms with Crippen LogP contribution in [0.3, 0.4) is 0 Å². The Kier molecular flexibility index (Phi) is 7.54. The highest BCUT2D eigenvalue weighted by molar-refractivity contribution is 7.71. The van der Waals surface area contributed by atoms with Crippen molar-refractivity contribution >= 4 is 28.8 Å². The zero-order valence-electron chi connectivity index (χ0n) is 18.9. The summed E-state index contributed by atoms with van der Waals surface area (Å²) in [5.41, 5.74) is 0.482. The van der Waals surface area contributed by atoms with Gasteiger partial charge in [0.1, 0.15) is 0 Å². The number of para-hydroxylation sites is 1. The molecule has 3 aromatic rings. The van der Waals surface area contributed by atoms with Crippen LogP contribution in [0.15, 0.2) is 24.4 Å². The minimum atomic E-state index is -4.51. The van der Waals surface area contributed by atoms with Gasteiger partial charge in [-0.1, -0.05) is 12.1 Å². The van der Waals surface area contributed by atoms with Gasteiger partial charge in [-0.2, -0.15) is 18.3 Å². The monoisotopic (exact) mass is 495 g/mol. The van der Waals surface area contributed by atoms with Crippen LogP contribution in [0.5, 0.6) is 0 Å². The van der Waals surface area contributed by atoms with E-state index in [-0.39, 0.29) is 12.1 Å². The molecule has 1 aliphatic rings. The molecular weight excluding hydrogens is 467 g/mol. The number of nitrogens with zero attached hydrogens (tertiary/aromatic N) is 4. The molecule has 1 aromatic carbocycles. The topological polar surface area (TPSA) is 79.2 Å². The molecule has 0 aliphatic carbocycles. The number of aromatic amines is 1. The van der Waals surface area contributed by atoms with Crippen LogP contribution in [0.2, 0.25) is 0 Å². The fourth-order valence-electron chi connectivity index (χ4n) is 4.68. The molecule has 1 saturated heterocycles. The van der Waals surface area contributed by atoms with Gasteiger partial charge in [0.2, 0.25) is 0 Å². The summed E-state index contributed by atoms with van der Waals surface area (Å²) in [6, 6.07) is 4.18. The quantitative estimate of drug-likeness (QED) is 0.437. The number of aliphatic hydroxyl groups is 1. The Balaban J connectivity index is 1.85. The van der Waals surface area contributed by atoms with Crippen molar-refractivity contribution in [1.29, 1.82) is 0 Å². The average molecular weight is 496 g/mol. The van der Waals surface area contributed by atoms with Crippen LogP contribution in [0, 0.1) is 10.7 Å². The first-order valence-electron chi connectivity index (χ1n) is 11.3. The number of ether oxygens (including phenoxy) is 1. The van der Waals surface area contributed by atoms with Crippen molar-refractivity contribution in [2.75, 3.05) is 38.3 Å². The highest BCUT2D eigenvalue weighted by Crippen LogP contribution is 2.42. The van der Waals surface area contributed by atoms with Gasteiger partial charge in [0.25, 0.3) is 0 Å². The molecule has 34 heavy (non-hydrogen) atoms. The van der Waals surface area contributed by atoms with Crippen LogP contribution in [0.25, 0.3) is 22.3 Å². The molecular formula is C23H28F3N5O2S. The number of hydrogen-bond donors (Lipinski definition) is 2. The van der Waals surface area contributed by atoms with Gasteiger partial charge in [-0.25, -0.2) is 0 Å². The largest absolute Gasteiger partial charge is 0.418 e. The fourth-order valence-corrected chi connectivity index (χ4v) is 4.90. The summed E-state index contributed by atoms with van der Waals surface area (Å²) in [5.74, 6) is 1.01. The van der Waals surface area contributed by atoms with Crippen molar-refractivity contribution in [2.45, 2.75) is 38.4 Å². The third kappa shape index (κ3) is 4.96. The zero-order chi connectivity index (χ0) is 24.3. The van der Waals surface area contributed by atoms with Crippen molar-refractivity contribution in [2.24, 2.45) is 5.92 Å². The van der Waals surface area contributed by atoms with E-state index in [4.69, 9.17) is 22.1 Å². The number of fused-ring (bicyclic) bond motifs is 1. The molecule has 2 N–H and O–H groups in total. The molecule has 11 heteroatoms. The van der Waals surface area contributed by atoms with E-state index < -0.39 is 11.7 Å². The highest BCUT2D eigenvalue weighted by atomic mass is 32.1. The molecule has 7 nitrogen and oxygen atoms in total. The summed E-state index contributed by atoms with van der Waals surface area (Å²) in [4.78, 5) is 6.39. The fraction of sp³-hybridized carbons (Fsp3) is 0.522. The Morgan fingerprint density at radius 3 is 2.71 bits per heavy atom. The first kappa shape index (κ1) is 24.6. The number of aromatic nitrogens is 4. The molecule has 0 saturated carbocycles. The Bertz CT molecular complexity index is 1190. The minimum absolute atomic E-state index is 0.0753. The summed E-state index contributed by atoms with van der Waals surface area (Å²) >= 11 is 5.39. The van der Waals surface area contributed by atoms with Gasteiger partial charge in [0.05, 0.1) is 35.5 Å². The van der Waals surface area contributed by atoms with Gasteiger partial charge in [-0.15, -0.1) is 0 Å². The van der Waals surface area contributed by atoms with Gasteiger partial charge in [0.15, 0.2) is 10.6 Å². The van der Waals surface area contributed by atoms with E-state index in [0.717, 1.165) is 31.7 Å². The van der Waals surface area contributed by atoms with E-state index in [1.165, 1.54) is 12.3 Å². The van der Waals surface area contributed by atoms with Crippen molar-refractivity contribution in [3.8, 4) is 11.4 Å². The lowest BCUT2D eigenvalue weighted by Gasteiger charge is -2.35. The number of aliphatic hydroxyl groups excluding tert-OH is 1. The number of nitrogens with one attached hydrogen (secondary N) is 1. The molecule has 1 aliphatic heterocycles. The smallest absolute Gasteiger partial charge is 0.396 e. The SMILES string of the molecule is COCCn1c(-c2cnc3c(C(F)(F)F)cccc3c2N2CCC(CCCO)CC2)n[nH]c1=S. The maximum absolute atomic E-state index is 13.8. The van der Waals surface area contributed by atoms with Gasteiger partial charge in [0, 0.05) is 38.4 Å². The Morgan fingerprint density at radius 2 is 2.03 bits per heavy atom. The number of piperidine rings is 1. The molecule has 0 amide bonds. The first-order chi connectivity index (χ1) is 16.3. The molecule has 0 radical (unpaired) electrons. The molecule has 0 atom stereocenters. The van der Waals surface area contributed by atoms with E-state index in [1.54, 1.807) is 17.7 Å². The standard InChI is InChI=1S/C23H28F3N5O2S/c1-33-13-11-31-21(28-29-22(31)34)17-14-27-19-16(5-2-6-18(19)23(24,25)26)20(17)30-9-7-15(8-10-30)4-3-12-32/h2,5-6,14-15,32H,3-4,7-13H2,1H3,(H,29,34). The second kappa shape index (κ2) is 10.4. The van der Waals surface area contributed by atoms with Crippen molar-refractivity contribution in [3.63, 3.8) is 0 Å². The van der Waals surface area contributed by atoms with Gasteiger partial charge in [-0.3, -0.25) is 14.6 Å². The lowest BCUT2D eigenvalue weighted by atomic mass is 9.91. The van der Waals surface area contributed by atoms with Crippen LogP contribution in [-0.4, -0.2) is 58.3 Å². The molecule has 1 fully saturated rings. The van der Waals surface area contributed by atoms with Crippen LogP contribution >= 0.6 is 12.2 Å². The number of methoxy groups -OCH3 is 1.